The van der Waals surface area contributed by atoms with Crippen molar-refractivity contribution in [3.8, 4) is 0 Å². The molecule has 150 valence electrons. The van der Waals surface area contributed by atoms with E-state index >= 15 is 0 Å². The average Bonchev–Trinajstić information content (AvgIpc) is 2.77. The molecule has 1 aromatic heterocycles. The Labute approximate surface area is 172 Å². The summed E-state index contributed by atoms with van der Waals surface area (Å²) in [4.78, 5) is 15.4. The van der Waals surface area contributed by atoms with Gasteiger partial charge in [0.05, 0.1) is 0 Å². The zero-order chi connectivity index (χ0) is 19.9. The number of aryl methyl sites for hydroxylation is 2. The maximum atomic E-state index is 12.9. The predicted molar refractivity (Wildman–Crippen MR) is 117 cm³/mol. The highest BCUT2D eigenvalue weighted by Crippen LogP contribution is 2.20. The van der Waals surface area contributed by atoms with Crippen molar-refractivity contribution in [1.29, 1.82) is 0 Å². The number of benzene rings is 2. The molecule has 1 saturated heterocycles. The van der Waals surface area contributed by atoms with Crippen LogP contribution < -0.4 is 5.56 Å². The van der Waals surface area contributed by atoms with E-state index in [4.69, 9.17) is 0 Å². The van der Waals surface area contributed by atoms with Gasteiger partial charge in [0.15, 0.2) is 0 Å². The topological polar surface area (TPSA) is 38.1 Å². The van der Waals surface area contributed by atoms with Crippen LogP contribution in [0.1, 0.15) is 29.5 Å². The van der Waals surface area contributed by atoms with Crippen LogP contribution in [0.5, 0.6) is 0 Å². The molecule has 0 aliphatic carbocycles. The van der Waals surface area contributed by atoms with Crippen molar-refractivity contribution in [1.82, 2.24) is 14.7 Å². The minimum Gasteiger partial charge on any atom is -0.299 e. The van der Waals surface area contributed by atoms with Gasteiger partial charge in [0.2, 0.25) is 0 Å². The van der Waals surface area contributed by atoms with Gasteiger partial charge in [0.25, 0.3) is 5.56 Å². The Morgan fingerprint density at radius 3 is 2.17 bits per heavy atom. The minimum atomic E-state index is 0.0788. The molecule has 0 unspecified atom stereocenters. The third kappa shape index (κ3) is 5.42. The van der Waals surface area contributed by atoms with Crippen molar-refractivity contribution in [2.75, 3.05) is 13.1 Å². The summed E-state index contributed by atoms with van der Waals surface area (Å²) < 4.78 is 1.69. The lowest BCUT2D eigenvalue weighted by molar-refractivity contribution is 0.163. The van der Waals surface area contributed by atoms with Gasteiger partial charge in [-0.25, -0.2) is 4.68 Å². The van der Waals surface area contributed by atoms with Gasteiger partial charge in [0, 0.05) is 24.8 Å². The Hall–Kier alpha value is -2.72. The average molecular weight is 388 g/mol. The summed E-state index contributed by atoms with van der Waals surface area (Å²) in [5.41, 5.74) is 3.58. The summed E-state index contributed by atoms with van der Waals surface area (Å²) in [6, 6.07) is 22.9. The Bertz CT molecular complexity index is 945. The Morgan fingerprint density at radius 2 is 1.48 bits per heavy atom. The van der Waals surface area contributed by atoms with Gasteiger partial charge in [-0.05, 0) is 61.9 Å². The fraction of sp³-hybridized carbons (Fsp3) is 0.360. The highest BCUT2D eigenvalue weighted by atomic mass is 16.1. The molecule has 4 heteroatoms. The molecule has 29 heavy (non-hydrogen) atoms. The fourth-order valence-corrected chi connectivity index (χ4v) is 4.15. The standard InChI is InChI=1S/C25H29N3O/c29-25-24(12-11-21-7-3-1-4-8-21)13-16-26-28(25)20-23-14-17-27(18-15-23)19-22-9-5-2-6-10-22/h1-10,13,16,23H,11-12,14-15,17-20H2. The number of likely N-dealkylation sites (tertiary alicyclic amines) is 1. The van der Waals surface area contributed by atoms with Crippen molar-refractivity contribution in [3.05, 3.63) is 100.0 Å². The Balaban J connectivity index is 1.31. The zero-order valence-electron chi connectivity index (χ0n) is 16.9. The molecule has 0 amide bonds. The van der Waals surface area contributed by atoms with Gasteiger partial charge in [-0.1, -0.05) is 60.7 Å². The number of nitrogens with zero attached hydrogens (tertiary/aromatic N) is 3. The van der Waals surface area contributed by atoms with Crippen LogP contribution in [0.2, 0.25) is 0 Å². The first-order chi connectivity index (χ1) is 14.3. The number of hydrogen-bond acceptors (Lipinski definition) is 3. The summed E-state index contributed by atoms with van der Waals surface area (Å²) in [5.74, 6) is 0.525. The van der Waals surface area contributed by atoms with Crippen LogP contribution in [-0.4, -0.2) is 27.8 Å². The molecule has 4 rings (SSSR count). The molecule has 1 aliphatic rings. The van der Waals surface area contributed by atoms with Gasteiger partial charge in [-0.15, -0.1) is 0 Å². The summed E-state index contributed by atoms with van der Waals surface area (Å²) in [7, 11) is 0. The van der Waals surface area contributed by atoms with Gasteiger partial charge in [-0.2, -0.15) is 5.10 Å². The minimum absolute atomic E-state index is 0.0788. The maximum Gasteiger partial charge on any atom is 0.269 e. The summed E-state index contributed by atoms with van der Waals surface area (Å²) >= 11 is 0. The number of aromatic nitrogens is 2. The lowest BCUT2D eigenvalue weighted by Crippen LogP contribution is -2.37. The second-order valence-electron chi connectivity index (χ2n) is 8.03. The Morgan fingerprint density at radius 1 is 0.828 bits per heavy atom. The van der Waals surface area contributed by atoms with Crippen molar-refractivity contribution >= 4 is 0 Å². The van der Waals surface area contributed by atoms with Gasteiger partial charge < -0.3 is 0 Å². The Kier molecular flexibility index (Phi) is 6.52. The van der Waals surface area contributed by atoms with E-state index in [2.05, 4.69) is 52.5 Å². The normalized spacial score (nSPS) is 15.4. The molecule has 0 atom stereocenters. The molecular formula is C25H29N3O. The predicted octanol–water partition coefficient (Wildman–Crippen LogP) is 3.94. The summed E-state index contributed by atoms with van der Waals surface area (Å²) in [6.07, 6.45) is 5.68. The largest absolute Gasteiger partial charge is 0.299 e. The zero-order valence-corrected chi connectivity index (χ0v) is 16.9. The number of rotatable bonds is 7. The van der Waals surface area contributed by atoms with E-state index in [0.29, 0.717) is 5.92 Å². The van der Waals surface area contributed by atoms with Gasteiger partial charge in [-0.3, -0.25) is 9.69 Å². The molecule has 2 aromatic carbocycles. The van der Waals surface area contributed by atoms with Gasteiger partial charge in [0.1, 0.15) is 0 Å². The number of hydrogen-bond donors (Lipinski definition) is 0. The van der Waals surface area contributed by atoms with Crippen molar-refractivity contribution in [2.24, 2.45) is 5.92 Å². The SMILES string of the molecule is O=c1c(CCc2ccccc2)ccnn1CC1CCN(Cc2ccccc2)CC1. The van der Waals surface area contributed by atoms with Gasteiger partial charge >= 0.3 is 0 Å². The molecule has 3 aromatic rings. The second-order valence-corrected chi connectivity index (χ2v) is 8.03. The van der Waals surface area contributed by atoms with E-state index in [1.807, 2.05) is 24.3 Å². The van der Waals surface area contributed by atoms with Crippen molar-refractivity contribution < 1.29 is 0 Å². The smallest absolute Gasteiger partial charge is 0.269 e. The molecule has 0 bridgehead atoms. The quantitative estimate of drug-likeness (QED) is 0.616. The third-order valence-electron chi connectivity index (χ3n) is 5.90. The van der Waals surface area contributed by atoms with E-state index in [1.54, 1.807) is 10.9 Å². The van der Waals surface area contributed by atoms with E-state index in [1.165, 1.54) is 11.1 Å². The molecule has 2 heterocycles. The molecule has 1 aliphatic heterocycles. The van der Waals surface area contributed by atoms with E-state index < -0.39 is 0 Å². The van der Waals surface area contributed by atoms with Crippen LogP contribution in [0.4, 0.5) is 0 Å². The van der Waals surface area contributed by atoms with E-state index in [0.717, 1.165) is 57.4 Å². The molecule has 0 saturated carbocycles. The molecule has 1 fully saturated rings. The molecule has 0 N–H and O–H groups in total. The van der Waals surface area contributed by atoms with E-state index in [9.17, 15) is 4.79 Å². The lowest BCUT2D eigenvalue weighted by Gasteiger charge is -2.32. The van der Waals surface area contributed by atoms with Crippen LogP contribution in [0, 0.1) is 5.92 Å². The second kappa shape index (κ2) is 9.66. The van der Waals surface area contributed by atoms with Crippen LogP contribution >= 0.6 is 0 Å². The molecular weight excluding hydrogens is 358 g/mol. The first-order valence-electron chi connectivity index (χ1n) is 10.6. The third-order valence-corrected chi connectivity index (χ3v) is 5.90. The van der Waals surface area contributed by atoms with E-state index in [-0.39, 0.29) is 5.56 Å². The highest BCUT2D eigenvalue weighted by molar-refractivity contribution is 5.18. The summed E-state index contributed by atoms with van der Waals surface area (Å²) in [6.45, 7) is 3.92. The fourth-order valence-electron chi connectivity index (χ4n) is 4.15. The molecule has 4 nitrogen and oxygen atoms in total. The van der Waals surface area contributed by atoms with Crippen LogP contribution in [0.3, 0.4) is 0 Å². The molecule has 0 spiro atoms. The van der Waals surface area contributed by atoms with Crippen molar-refractivity contribution in [3.63, 3.8) is 0 Å². The molecule has 0 radical (unpaired) electrons. The maximum absolute atomic E-state index is 12.9. The first kappa shape index (κ1) is 19.6. The van der Waals surface area contributed by atoms with Crippen LogP contribution in [0.15, 0.2) is 77.7 Å². The first-order valence-corrected chi connectivity index (χ1v) is 10.6. The lowest BCUT2D eigenvalue weighted by atomic mass is 9.96. The number of piperidine rings is 1. The van der Waals surface area contributed by atoms with Crippen LogP contribution in [-0.2, 0) is 25.9 Å². The highest BCUT2D eigenvalue weighted by Gasteiger charge is 2.20. The van der Waals surface area contributed by atoms with Crippen LogP contribution in [0.25, 0.3) is 0 Å². The summed E-state index contributed by atoms with van der Waals surface area (Å²) in [5, 5.41) is 4.37. The van der Waals surface area contributed by atoms with Crippen molar-refractivity contribution in [2.45, 2.75) is 38.8 Å². The monoisotopic (exact) mass is 387 g/mol.